The normalized spacial score (nSPS) is 13.7. The summed E-state index contributed by atoms with van der Waals surface area (Å²) in [5.41, 5.74) is 17.5. The predicted octanol–water partition coefficient (Wildman–Crippen LogP) is 11.8. The smallest absolute Gasteiger partial charge is 0.0754 e. The zero-order valence-electron chi connectivity index (χ0n) is 26.3. The van der Waals surface area contributed by atoms with Crippen molar-refractivity contribution in [1.29, 1.82) is 0 Å². The highest BCUT2D eigenvalue weighted by molar-refractivity contribution is 5.96. The van der Waals surface area contributed by atoms with Crippen molar-refractivity contribution in [1.82, 2.24) is 0 Å². The number of anilines is 2. The van der Waals surface area contributed by atoms with Gasteiger partial charge in [0.2, 0.25) is 0 Å². The second-order valence-electron chi connectivity index (χ2n) is 12.5. The highest BCUT2D eigenvalue weighted by atomic mass is 15.2. The van der Waals surface area contributed by atoms with Gasteiger partial charge in [0.05, 0.1) is 16.8 Å². The van der Waals surface area contributed by atoms with E-state index in [4.69, 9.17) is 0 Å². The van der Waals surface area contributed by atoms with Gasteiger partial charge < -0.3 is 4.90 Å². The second-order valence-corrected chi connectivity index (χ2v) is 12.5. The van der Waals surface area contributed by atoms with E-state index in [1.165, 1.54) is 61.2 Å². The summed E-state index contributed by atoms with van der Waals surface area (Å²) < 4.78 is 0. The van der Waals surface area contributed by atoms with Crippen LogP contribution in [0.15, 0.2) is 176 Å². The molecule has 0 bridgehead atoms. The molecule has 1 nitrogen and oxygen atoms in total. The average Bonchev–Trinajstić information content (AvgIpc) is 3.38. The van der Waals surface area contributed by atoms with Crippen LogP contribution in [0.3, 0.4) is 0 Å². The van der Waals surface area contributed by atoms with Crippen molar-refractivity contribution in [3.63, 3.8) is 0 Å². The molecule has 0 N–H and O–H groups in total. The number of benzene rings is 6. The number of allylic oxidation sites excluding steroid dienone is 3. The Balaban J connectivity index is 1.50. The summed E-state index contributed by atoms with van der Waals surface area (Å²) in [5, 5.41) is 0. The lowest BCUT2D eigenvalue weighted by atomic mass is 9.64. The number of rotatable bonds is 5. The van der Waals surface area contributed by atoms with Gasteiger partial charge in [0.15, 0.2) is 0 Å². The highest BCUT2D eigenvalue weighted by Crippen LogP contribution is 2.63. The van der Waals surface area contributed by atoms with Gasteiger partial charge in [-0.3, -0.25) is 0 Å². The molecule has 1 aliphatic carbocycles. The highest BCUT2D eigenvalue weighted by Gasteiger charge is 2.52. The molecule has 0 aromatic heterocycles. The fourth-order valence-electron chi connectivity index (χ4n) is 7.55. The number of aryl methyl sites for hydroxylation is 1. The number of para-hydroxylation sites is 1. The van der Waals surface area contributed by atoms with Gasteiger partial charge in [0.1, 0.15) is 0 Å². The standard InChI is InChI=1S/C45H35N/c1-30(2)19-21-32(4)46-43-18-12-11-17-39(43)45(42-27-31(3)20-26-44(42)46)40-28-35(33-13-7-5-8-14-33)22-24-37(40)38-25-23-36(29-41(38)45)34-15-9-6-10-16-34/h5-29H,1,4H2,2-3H3/b21-19-. The molecule has 1 heterocycles. The van der Waals surface area contributed by atoms with E-state index in [9.17, 15) is 0 Å². The largest absolute Gasteiger partial charge is 0.310 e. The molecule has 0 radical (unpaired) electrons. The van der Waals surface area contributed by atoms with Crippen molar-refractivity contribution < 1.29 is 0 Å². The summed E-state index contributed by atoms with van der Waals surface area (Å²) in [6.07, 6.45) is 4.12. The maximum Gasteiger partial charge on any atom is 0.0754 e. The molecule has 6 aromatic carbocycles. The molecule has 0 saturated carbocycles. The molecule has 0 fully saturated rings. The first kappa shape index (κ1) is 27.9. The molecule has 0 amide bonds. The van der Waals surface area contributed by atoms with Gasteiger partial charge in [-0.2, -0.15) is 0 Å². The Hall–Kier alpha value is -5.66. The first-order valence-corrected chi connectivity index (χ1v) is 15.9. The monoisotopic (exact) mass is 589 g/mol. The number of fused-ring (bicyclic) bond motifs is 9. The summed E-state index contributed by atoms with van der Waals surface area (Å²) in [6.45, 7) is 12.9. The van der Waals surface area contributed by atoms with Gasteiger partial charge in [0, 0.05) is 5.70 Å². The van der Waals surface area contributed by atoms with E-state index in [1.807, 2.05) is 13.0 Å². The van der Waals surface area contributed by atoms with Crippen molar-refractivity contribution in [3.8, 4) is 33.4 Å². The molecule has 220 valence electrons. The van der Waals surface area contributed by atoms with E-state index >= 15 is 0 Å². The van der Waals surface area contributed by atoms with Crippen molar-refractivity contribution >= 4 is 11.4 Å². The van der Waals surface area contributed by atoms with Gasteiger partial charge in [-0.25, -0.2) is 0 Å². The van der Waals surface area contributed by atoms with Crippen LogP contribution in [0.4, 0.5) is 11.4 Å². The summed E-state index contributed by atoms with van der Waals surface area (Å²) >= 11 is 0. The Morgan fingerprint density at radius 3 is 1.65 bits per heavy atom. The summed E-state index contributed by atoms with van der Waals surface area (Å²) in [6, 6.07) is 51.4. The van der Waals surface area contributed by atoms with Gasteiger partial charge in [-0.15, -0.1) is 0 Å². The third-order valence-electron chi connectivity index (χ3n) is 9.54. The minimum atomic E-state index is -0.535. The maximum atomic E-state index is 4.58. The van der Waals surface area contributed by atoms with E-state index in [1.54, 1.807) is 0 Å². The fourth-order valence-corrected chi connectivity index (χ4v) is 7.55. The van der Waals surface area contributed by atoms with E-state index < -0.39 is 5.41 Å². The third kappa shape index (κ3) is 4.16. The SMILES string of the molecule is C=C(C)/C=C\C(=C)N1c2ccccc2C2(c3cc(-c4ccccc4)ccc3-c3ccc(-c4ccccc4)cc32)c2cc(C)ccc21. The van der Waals surface area contributed by atoms with Crippen LogP contribution in [-0.4, -0.2) is 0 Å². The summed E-state index contributed by atoms with van der Waals surface area (Å²) in [4.78, 5) is 2.33. The van der Waals surface area contributed by atoms with Crippen molar-refractivity contribution in [2.24, 2.45) is 0 Å². The molecule has 0 saturated heterocycles. The Morgan fingerprint density at radius 1 is 0.522 bits per heavy atom. The quantitative estimate of drug-likeness (QED) is 0.181. The maximum absolute atomic E-state index is 4.58. The van der Waals surface area contributed by atoms with E-state index in [-0.39, 0.29) is 0 Å². The number of nitrogens with zero attached hydrogens (tertiary/aromatic N) is 1. The molecule has 1 aliphatic heterocycles. The molecule has 1 heteroatoms. The number of hydrogen-bond acceptors (Lipinski definition) is 1. The van der Waals surface area contributed by atoms with Crippen LogP contribution < -0.4 is 4.90 Å². The van der Waals surface area contributed by atoms with Gasteiger partial charge in [-0.1, -0.05) is 146 Å². The van der Waals surface area contributed by atoms with Crippen molar-refractivity contribution in [2.45, 2.75) is 19.3 Å². The Kier molecular flexibility index (Phi) is 6.51. The fraction of sp³-hybridized carbons (Fsp3) is 0.0667. The predicted molar refractivity (Wildman–Crippen MR) is 195 cm³/mol. The molecule has 0 unspecified atom stereocenters. The van der Waals surface area contributed by atoms with Crippen LogP contribution >= 0.6 is 0 Å². The number of hydrogen-bond donors (Lipinski definition) is 0. The Morgan fingerprint density at radius 2 is 1.07 bits per heavy atom. The summed E-state index contributed by atoms with van der Waals surface area (Å²) in [7, 11) is 0. The molecule has 6 aromatic rings. The van der Waals surface area contributed by atoms with Crippen LogP contribution in [0.5, 0.6) is 0 Å². The van der Waals surface area contributed by atoms with Crippen LogP contribution in [0.2, 0.25) is 0 Å². The lowest BCUT2D eigenvalue weighted by molar-refractivity contribution is 0.749. The Bertz CT molecular complexity index is 2110. The first-order valence-electron chi connectivity index (χ1n) is 15.9. The van der Waals surface area contributed by atoms with E-state index in [0.717, 1.165) is 22.6 Å². The minimum Gasteiger partial charge on any atom is -0.310 e. The van der Waals surface area contributed by atoms with Crippen LogP contribution in [0.1, 0.15) is 34.7 Å². The molecule has 8 rings (SSSR count). The van der Waals surface area contributed by atoms with E-state index in [2.05, 4.69) is 171 Å². The third-order valence-corrected chi connectivity index (χ3v) is 9.54. The summed E-state index contributed by atoms with van der Waals surface area (Å²) in [5.74, 6) is 0. The molecule has 1 spiro atoms. The zero-order valence-corrected chi connectivity index (χ0v) is 26.3. The lowest BCUT2D eigenvalue weighted by Crippen LogP contribution is -2.37. The van der Waals surface area contributed by atoms with Crippen molar-refractivity contribution in [3.05, 3.63) is 204 Å². The van der Waals surface area contributed by atoms with Crippen LogP contribution in [-0.2, 0) is 5.41 Å². The van der Waals surface area contributed by atoms with Crippen LogP contribution in [0, 0.1) is 6.92 Å². The molecular formula is C45H35N. The van der Waals surface area contributed by atoms with Crippen molar-refractivity contribution in [2.75, 3.05) is 4.90 Å². The lowest BCUT2D eigenvalue weighted by Gasteiger charge is -2.45. The zero-order chi connectivity index (χ0) is 31.4. The van der Waals surface area contributed by atoms with E-state index in [0.29, 0.717) is 0 Å². The van der Waals surface area contributed by atoms with Crippen LogP contribution in [0.25, 0.3) is 33.4 Å². The Labute approximate surface area is 272 Å². The first-order chi connectivity index (χ1) is 22.5. The topological polar surface area (TPSA) is 3.24 Å². The molecule has 46 heavy (non-hydrogen) atoms. The average molecular weight is 590 g/mol. The van der Waals surface area contributed by atoms with Gasteiger partial charge in [0.25, 0.3) is 0 Å². The second kappa shape index (κ2) is 10.8. The van der Waals surface area contributed by atoms with Gasteiger partial charge >= 0.3 is 0 Å². The molecule has 0 atom stereocenters. The molecular weight excluding hydrogens is 555 g/mol. The minimum absolute atomic E-state index is 0.535. The molecule has 2 aliphatic rings. The van der Waals surface area contributed by atoms with Gasteiger partial charge in [-0.05, 0) is 99.8 Å².